The number of rotatable bonds is 7. The molecule has 2 radical (unpaired) electrons. The molecule has 1 unspecified atom stereocenters. The summed E-state index contributed by atoms with van der Waals surface area (Å²) in [5.41, 5.74) is 10.0. The van der Waals surface area contributed by atoms with E-state index in [-0.39, 0.29) is 5.97 Å². The SMILES string of the molecule is [B]C(N)Cc1cc(C#N)c2c(c1)CCN2CCCOC(=O)c1ccccc1. The fourth-order valence-electron chi connectivity index (χ4n) is 3.47. The van der Waals surface area contributed by atoms with Crippen molar-refractivity contribution in [3.8, 4) is 6.07 Å². The number of carbonyl (C=O) groups is 1. The van der Waals surface area contributed by atoms with E-state index >= 15 is 0 Å². The molecule has 3 rings (SSSR count). The van der Waals surface area contributed by atoms with Crippen molar-refractivity contribution in [3.05, 3.63) is 64.7 Å². The molecule has 1 aliphatic heterocycles. The zero-order valence-corrected chi connectivity index (χ0v) is 15.2. The highest BCUT2D eigenvalue weighted by molar-refractivity contribution is 6.11. The average molecular weight is 359 g/mol. The van der Waals surface area contributed by atoms with Gasteiger partial charge in [0.05, 0.1) is 31.3 Å². The van der Waals surface area contributed by atoms with E-state index in [2.05, 4.69) is 17.0 Å². The quantitative estimate of drug-likeness (QED) is 0.466. The Hall–Kier alpha value is -2.78. The van der Waals surface area contributed by atoms with Crippen molar-refractivity contribution in [2.75, 3.05) is 24.6 Å². The lowest BCUT2D eigenvalue weighted by Crippen LogP contribution is -2.24. The van der Waals surface area contributed by atoms with E-state index in [4.69, 9.17) is 18.3 Å². The van der Waals surface area contributed by atoms with E-state index in [0.29, 0.717) is 30.6 Å². The molecule has 1 atom stereocenters. The molecule has 2 N–H and O–H groups in total. The number of benzene rings is 2. The van der Waals surface area contributed by atoms with Gasteiger partial charge in [-0.2, -0.15) is 5.26 Å². The Bertz CT molecular complexity index is 846. The third-order valence-electron chi connectivity index (χ3n) is 4.62. The first-order chi connectivity index (χ1) is 13.1. The number of anilines is 1. The maximum absolute atomic E-state index is 12.0. The first-order valence-electron chi connectivity index (χ1n) is 9.12. The fraction of sp³-hybridized carbons (Fsp3) is 0.333. The molecule has 0 saturated carbocycles. The van der Waals surface area contributed by atoms with Gasteiger partial charge in [0.2, 0.25) is 0 Å². The summed E-state index contributed by atoms with van der Waals surface area (Å²) in [6, 6.07) is 15.2. The summed E-state index contributed by atoms with van der Waals surface area (Å²) in [5.74, 6) is -0.732. The Balaban J connectivity index is 1.58. The number of nitriles is 1. The number of esters is 1. The molecular formula is C21H22BN3O2. The number of hydrogen-bond donors (Lipinski definition) is 1. The molecule has 136 valence electrons. The van der Waals surface area contributed by atoms with Crippen LogP contribution in [0.3, 0.4) is 0 Å². The van der Waals surface area contributed by atoms with Crippen LogP contribution in [-0.4, -0.2) is 39.5 Å². The van der Waals surface area contributed by atoms with E-state index in [0.717, 1.165) is 36.3 Å². The molecule has 2 aromatic carbocycles. The summed E-state index contributed by atoms with van der Waals surface area (Å²) >= 11 is 0. The van der Waals surface area contributed by atoms with Crippen molar-refractivity contribution in [2.24, 2.45) is 5.73 Å². The van der Waals surface area contributed by atoms with Crippen LogP contribution in [0.25, 0.3) is 0 Å². The summed E-state index contributed by atoms with van der Waals surface area (Å²) in [6.07, 6.45) is 2.15. The van der Waals surface area contributed by atoms with Crippen LogP contribution in [0.15, 0.2) is 42.5 Å². The molecule has 1 heterocycles. The van der Waals surface area contributed by atoms with Crippen molar-refractivity contribution < 1.29 is 9.53 Å². The maximum Gasteiger partial charge on any atom is 0.338 e. The van der Waals surface area contributed by atoms with Gasteiger partial charge in [0.15, 0.2) is 0 Å². The number of nitrogens with two attached hydrogens (primary N) is 1. The lowest BCUT2D eigenvalue weighted by molar-refractivity contribution is 0.0502. The highest BCUT2D eigenvalue weighted by Gasteiger charge is 2.23. The molecule has 0 bridgehead atoms. The zero-order chi connectivity index (χ0) is 19.2. The monoisotopic (exact) mass is 359 g/mol. The van der Waals surface area contributed by atoms with E-state index in [1.165, 1.54) is 0 Å². The predicted molar refractivity (Wildman–Crippen MR) is 106 cm³/mol. The molecule has 27 heavy (non-hydrogen) atoms. The van der Waals surface area contributed by atoms with Gasteiger partial charge in [-0.05, 0) is 54.5 Å². The van der Waals surface area contributed by atoms with Crippen LogP contribution in [0.5, 0.6) is 0 Å². The second kappa shape index (κ2) is 8.74. The summed E-state index contributed by atoms with van der Waals surface area (Å²) < 4.78 is 5.34. The standard InChI is InChI=1S/C21H22BN3O2/c22-19(24)13-15-11-17-7-9-25(20(17)18(12-15)14-23)8-4-10-27-21(26)16-5-2-1-3-6-16/h1-3,5-6,11-12,19H,4,7-10,13,24H2. The van der Waals surface area contributed by atoms with E-state index in [1.807, 2.05) is 24.3 Å². The second-order valence-corrected chi connectivity index (χ2v) is 6.72. The van der Waals surface area contributed by atoms with Crippen LogP contribution in [0, 0.1) is 11.3 Å². The van der Waals surface area contributed by atoms with Crippen LogP contribution in [0.1, 0.15) is 33.5 Å². The molecule has 0 amide bonds. The number of ether oxygens (including phenoxy) is 1. The maximum atomic E-state index is 12.0. The normalized spacial score (nSPS) is 13.7. The smallest absolute Gasteiger partial charge is 0.338 e. The minimum atomic E-state index is -0.425. The van der Waals surface area contributed by atoms with Crippen LogP contribution < -0.4 is 10.6 Å². The third kappa shape index (κ3) is 4.69. The highest BCUT2D eigenvalue weighted by atomic mass is 16.5. The predicted octanol–water partition coefficient (Wildman–Crippen LogP) is 2.16. The van der Waals surface area contributed by atoms with Crippen molar-refractivity contribution in [2.45, 2.75) is 25.2 Å². The Morgan fingerprint density at radius 1 is 1.33 bits per heavy atom. The average Bonchev–Trinajstić information content (AvgIpc) is 3.07. The highest BCUT2D eigenvalue weighted by Crippen LogP contribution is 2.33. The summed E-state index contributed by atoms with van der Waals surface area (Å²) in [4.78, 5) is 14.2. The summed E-state index contributed by atoms with van der Waals surface area (Å²) in [6.45, 7) is 1.94. The Morgan fingerprint density at radius 3 is 2.81 bits per heavy atom. The molecule has 0 aliphatic carbocycles. The van der Waals surface area contributed by atoms with Gasteiger partial charge >= 0.3 is 5.97 Å². The Labute approximate surface area is 161 Å². The lowest BCUT2D eigenvalue weighted by Gasteiger charge is -2.21. The van der Waals surface area contributed by atoms with Crippen molar-refractivity contribution in [3.63, 3.8) is 0 Å². The van der Waals surface area contributed by atoms with Gasteiger partial charge < -0.3 is 15.4 Å². The molecule has 0 aromatic heterocycles. The molecule has 5 nitrogen and oxygen atoms in total. The topological polar surface area (TPSA) is 79.3 Å². The molecule has 6 heteroatoms. The molecule has 0 spiro atoms. The zero-order valence-electron chi connectivity index (χ0n) is 15.2. The first-order valence-corrected chi connectivity index (χ1v) is 9.12. The van der Waals surface area contributed by atoms with Gasteiger partial charge in [0.1, 0.15) is 6.07 Å². The number of fused-ring (bicyclic) bond motifs is 1. The Morgan fingerprint density at radius 2 is 2.11 bits per heavy atom. The minimum Gasteiger partial charge on any atom is -0.462 e. The van der Waals surface area contributed by atoms with Gasteiger partial charge in [0.25, 0.3) is 0 Å². The molecule has 2 aromatic rings. The lowest BCUT2D eigenvalue weighted by atomic mass is 9.89. The van der Waals surface area contributed by atoms with Crippen LogP contribution in [0.4, 0.5) is 5.69 Å². The number of nitrogens with zero attached hydrogens (tertiary/aromatic N) is 2. The van der Waals surface area contributed by atoms with E-state index < -0.39 is 5.94 Å². The van der Waals surface area contributed by atoms with Crippen LogP contribution >= 0.6 is 0 Å². The van der Waals surface area contributed by atoms with E-state index in [9.17, 15) is 10.1 Å². The minimum absolute atomic E-state index is 0.307. The molecule has 0 fully saturated rings. The van der Waals surface area contributed by atoms with Crippen LogP contribution in [0.2, 0.25) is 0 Å². The molecular weight excluding hydrogens is 337 g/mol. The fourth-order valence-corrected chi connectivity index (χ4v) is 3.47. The largest absolute Gasteiger partial charge is 0.462 e. The Kier molecular flexibility index (Phi) is 6.15. The second-order valence-electron chi connectivity index (χ2n) is 6.72. The van der Waals surface area contributed by atoms with Crippen molar-refractivity contribution in [1.82, 2.24) is 0 Å². The number of hydrogen-bond acceptors (Lipinski definition) is 5. The van der Waals surface area contributed by atoms with Gasteiger partial charge in [-0.15, -0.1) is 0 Å². The summed E-state index contributed by atoms with van der Waals surface area (Å²) in [5, 5.41) is 9.54. The van der Waals surface area contributed by atoms with Gasteiger partial charge in [0, 0.05) is 13.1 Å². The van der Waals surface area contributed by atoms with Crippen LogP contribution in [-0.2, 0) is 17.6 Å². The van der Waals surface area contributed by atoms with E-state index in [1.54, 1.807) is 12.1 Å². The van der Waals surface area contributed by atoms with Gasteiger partial charge in [-0.1, -0.05) is 24.3 Å². The number of carbonyl (C=O) groups excluding carboxylic acids is 1. The molecule has 0 saturated heterocycles. The van der Waals surface area contributed by atoms with Crippen molar-refractivity contribution in [1.29, 1.82) is 5.26 Å². The van der Waals surface area contributed by atoms with Gasteiger partial charge in [-0.25, -0.2) is 4.79 Å². The first kappa shape index (κ1) is 19.0. The summed E-state index contributed by atoms with van der Waals surface area (Å²) in [7, 11) is 5.68. The van der Waals surface area contributed by atoms with Crippen molar-refractivity contribution >= 4 is 19.5 Å². The molecule has 1 aliphatic rings. The third-order valence-corrected chi connectivity index (χ3v) is 4.62. The van der Waals surface area contributed by atoms with Gasteiger partial charge in [-0.3, -0.25) is 0 Å².